The number of phenols is 1. The summed E-state index contributed by atoms with van der Waals surface area (Å²) in [6.45, 7) is 0. The first-order valence-corrected chi connectivity index (χ1v) is 14.2. The Bertz CT molecular complexity index is 1820. The molecule has 220 valence electrons. The topological polar surface area (TPSA) is 165 Å². The predicted octanol–water partition coefficient (Wildman–Crippen LogP) is 4.34. The van der Waals surface area contributed by atoms with Crippen molar-refractivity contribution in [3.05, 3.63) is 76.6 Å². The Morgan fingerprint density at radius 1 is 1.00 bits per heavy atom. The van der Waals surface area contributed by atoms with Gasteiger partial charge in [0, 0.05) is 42.9 Å². The van der Waals surface area contributed by atoms with Crippen LogP contribution in [0.25, 0.3) is 16.5 Å². The number of benzene rings is 3. The highest BCUT2D eigenvalue weighted by Crippen LogP contribution is 2.52. The number of fused-ring (bicyclic) bond motifs is 4. The highest BCUT2D eigenvalue weighted by Gasteiger charge is 2.51. The molecule has 7 N–H and O–H groups in total. The van der Waals surface area contributed by atoms with Crippen LogP contribution in [-0.2, 0) is 20.8 Å². The number of nitrogens with two attached hydrogens (primary N) is 1. The van der Waals surface area contributed by atoms with Gasteiger partial charge >= 0.3 is 0 Å². The zero-order chi connectivity index (χ0) is 30.7. The number of hydrogen-bond donors (Lipinski definition) is 6. The van der Waals surface area contributed by atoms with Crippen LogP contribution < -0.4 is 21.3 Å². The molecule has 10 nitrogen and oxygen atoms in total. The van der Waals surface area contributed by atoms with Gasteiger partial charge < -0.3 is 36.6 Å². The maximum Gasteiger partial charge on any atom is 0.255 e. The van der Waals surface area contributed by atoms with Crippen LogP contribution in [-0.4, -0.2) is 52.0 Å². The van der Waals surface area contributed by atoms with E-state index in [9.17, 15) is 29.7 Å². The van der Waals surface area contributed by atoms with Crippen LogP contribution >= 0.6 is 12.2 Å². The number of phenolic OH excluding ortho intramolecular Hbond substituents is 1. The minimum absolute atomic E-state index is 0.0482. The summed E-state index contributed by atoms with van der Waals surface area (Å²) in [5.74, 6) is -5.81. The molecule has 6 rings (SSSR count). The minimum atomic E-state index is -1.18. The van der Waals surface area contributed by atoms with E-state index in [-0.39, 0.29) is 34.1 Å². The molecular weight excluding hydrogens is 568 g/mol. The first-order chi connectivity index (χ1) is 20.5. The van der Waals surface area contributed by atoms with Crippen molar-refractivity contribution < 1.29 is 29.7 Å². The Labute approximate surface area is 252 Å². The lowest BCUT2D eigenvalue weighted by Gasteiger charge is -2.41. The number of thiocarbonyl (C=S) groups is 1. The molecule has 0 heterocycles. The first kappa shape index (κ1) is 28.2. The number of nitrogens with one attached hydrogen (secondary N) is 2. The second-order valence-corrected chi connectivity index (χ2v) is 11.8. The maximum absolute atomic E-state index is 13.8. The van der Waals surface area contributed by atoms with Crippen LogP contribution in [0.2, 0.25) is 0 Å². The predicted molar refractivity (Wildman–Crippen MR) is 168 cm³/mol. The van der Waals surface area contributed by atoms with Gasteiger partial charge in [-0.2, -0.15) is 0 Å². The molecule has 3 aromatic rings. The number of aliphatic hydroxyl groups is 2. The Kier molecular flexibility index (Phi) is 6.84. The van der Waals surface area contributed by atoms with Crippen LogP contribution in [0.3, 0.4) is 0 Å². The van der Waals surface area contributed by atoms with Gasteiger partial charge in [0.2, 0.25) is 0 Å². The molecule has 1 fully saturated rings. The van der Waals surface area contributed by atoms with E-state index in [2.05, 4.69) is 10.6 Å². The van der Waals surface area contributed by atoms with Crippen LogP contribution in [0.4, 0.5) is 17.1 Å². The number of anilines is 3. The average Bonchev–Trinajstić information content (AvgIpc) is 2.93. The highest BCUT2D eigenvalue weighted by atomic mass is 32.1. The molecule has 43 heavy (non-hydrogen) atoms. The smallest absolute Gasteiger partial charge is 0.255 e. The molecule has 3 atom stereocenters. The molecule has 3 aliphatic rings. The number of Topliss-reactive ketones (excluding diaryl/α,β-unsaturated/α-hetero) is 2. The van der Waals surface area contributed by atoms with Crippen molar-refractivity contribution in [2.24, 2.45) is 23.5 Å². The Balaban J connectivity index is 1.40. The van der Waals surface area contributed by atoms with E-state index in [4.69, 9.17) is 18.0 Å². The molecule has 0 saturated heterocycles. The van der Waals surface area contributed by atoms with Crippen molar-refractivity contribution in [1.82, 2.24) is 0 Å². The van der Waals surface area contributed by atoms with E-state index < -0.39 is 52.3 Å². The van der Waals surface area contributed by atoms with E-state index in [0.29, 0.717) is 24.1 Å². The quantitative estimate of drug-likeness (QED) is 0.145. The van der Waals surface area contributed by atoms with E-state index in [1.807, 2.05) is 61.5 Å². The Morgan fingerprint density at radius 2 is 1.70 bits per heavy atom. The van der Waals surface area contributed by atoms with Crippen molar-refractivity contribution in [1.29, 1.82) is 0 Å². The first-order valence-electron chi connectivity index (χ1n) is 13.8. The molecule has 1 saturated carbocycles. The maximum atomic E-state index is 13.8. The van der Waals surface area contributed by atoms with Gasteiger partial charge in [0.15, 0.2) is 16.7 Å². The number of carbonyl (C=O) groups is 3. The number of aromatic hydroxyl groups is 1. The Morgan fingerprint density at radius 3 is 2.42 bits per heavy atom. The van der Waals surface area contributed by atoms with Crippen LogP contribution in [0.5, 0.6) is 5.75 Å². The zero-order valence-corrected chi connectivity index (χ0v) is 24.3. The van der Waals surface area contributed by atoms with Gasteiger partial charge in [0.05, 0.1) is 17.2 Å². The van der Waals surface area contributed by atoms with Crippen molar-refractivity contribution in [2.75, 3.05) is 29.6 Å². The summed E-state index contributed by atoms with van der Waals surface area (Å²) in [4.78, 5) is 40.1. The number of primary amides is 1. The summed E-state index contributed by atoms with van der Waals surface area (Å²) in [6, 6.07) is 15.3. The molecule has 0 spiro atoms. The van der Waals surface area contributed by atoms with Crippen LogP contribution in [0, 0.1) is 17.8 Å². The number of aliphatic hydroxyl groups excluding tert-OH is 2. The summed E-state index contributed by atoms with van der Waals surface area (Å²) in [6.07, 6.45) is 0.529. The number of nitrogens with zero attached hydrogens (tertiary/aromatic N) is 1. The molecule has 11 heteroatoms. The van der Waals surface area contributed by atoms with Gasteiger partial charge in [-0.1, -0.05) is 36.4 Å². The lowest BCUT2D eigenvalue weighted by atomic mass is 9.61. The van der Waals surface area contributed by atoms with Gasteiger partial charge in [0.25, 0.3) is 5.91 Å². The average molecular weight is 599 g/mol. The third kappa shape index (κ3) is 4.56. The van der Waals surface area contributed by atoms with Crippen LogP contribution in [0.15, 0.2) is 65.4 Å². The van der Waals surface area contributed by atoms with E-state index in [0.717, 1.165) is 16.5 Å². The van der Waals surface area contributed by atoms with Gasteiger partial charge in [-0.05, 0) is 60.0 Å². The third-order valence-electron chi connectivity index (χ3n) is 8.63. The van der Waals surface area contributed by atoms with Crippen molar-refractivity contribution in [2.45, 2.75) is 19.3 Å². The molecule has 3 aliphatic carbocycles. The summed E-state index contributed by atoms with van der Waals surface area (Å²) >= 11 is 5.59. The lowest BCUT2D eigenvalue weighted by molar-refractivity contribution is -0.127. The standard InChI is InChI=1S/C32H30N4O6S/c1-36(2)21-13-20(35-32(43)34-19-9-5-7-14-6-3-4-8-17(14)19)27(38)25-18(21)11-15-10-16-12-22(37)26(31(33)42)30(41)24(16)28(39)23(15)29(25)40/h3-9,13,15-16,24,38,40-41H,10-12H2,1-2H3,(H2,33,42)(H2,34,35,43)/t15-,16+,24?/m1/s1. The third-order valence-corrected chi connectivity index (χ3v) is 8.84. The fourth-order valence-corrected chi connectivity index (χ4v) is 7.01. The number of ketones is 2. The monoisotopic (exact) mass is 598 g/mol. The SMILES string of the molecule is CN(C)c1cc(NC(=S)Nc2cccc3ccccc23)c(O)c2c1C[C@H]1C[C@H]3CC(=O)C(C(N)=O)=C(O)C3C(=O)C1=C2O. The van der Waals surface area contributed by atoms with E-state index in [1.54, 1.807) is 6.07 Å². The van der Waals surface area contributed by atoms with Crippen molar-refractivity contribution in [3.8, 4) is 5.75 Å². The largest absolute Gasteiger partial charge is 0.511 e. The fraction of sp³-hybridized carbons (Fsp3) is 0.250. The van der Waals surface area contributed by atoms with Gasteiger partial charge in [-0.15, -0.1) is 0 Å². The van der Waals surface area contributed by atoms with Crippen molar-refractivity contribution >= 4 is 68.4 Å². The number of amides is 1. The molecule has 1 amide bonds. The molecule has 0 aromatic heterocycles. The second kappa shape index (κ2) is 10.4. The number of rotatable bonds is 4. The van der Waals surface area contributed by atoms with Crippen LogP contribution in [0.1, 0.15) is 24.0 Å². The number of allylic oxidation sites excluding steroid dienone is 2. The Hall–Kier alpha value is -4.90. The van der Waals surface area contributed by atoms with Gasteiger partial charge in [0.1, 0.15) is 22.8 Å². The summed E-state index contributed by atoms with van der Waals surface area (Å²) < 4.78 is 0. The molecular formula is C32H30N4O6S. The number of hydrogen-bond acceptors (Lipinski definition) is 8. The van der Waals surface area contributed by atoms with Gasteiger partial charge in [-0.3, -0.25) is 14.4 Å². The molecule has 0 bridgehead atoms. The lowest BCUT2D eigenvalue weighted by Crippen LogP contribution is -2.44. The van der Waals surface area contributed by atoms with E-state index in [1.165, 1.54) is 0 Å². The molecule has 0 aliphatic heterocycles. The van der Waals surface area contributed by atoms with E-state index >= 15 is 0 Å². The summed E-state index contributed by atoms with van der Waals surface area (Å²) in [7, 11) is 3.66. The highest BCUT2D eigenvalue weighted by molar-refractivity contribution is 7.80. The summed E-state index contributed by atoms with van der Waals surface area (Å²) in [5.41, 5.74) is 7.21. The molecule has 0 radical (unpaired) electrons. The zero-order valence-electron chi connectivity index (χ0n) is 23.5. The van der Waals surface area contributed by atoms with Crippen molar-refractivity contribution in [3.63, 3.8) is 0 Å². The minimum Gasteiger partial charge on any atom is -0.511 e. The van der Waals surface area contributed by atoms with Gasteiger partial charge in [-0.25, -0.2) is 0 Å². The summed E-state index contributed by atoms with van der Waals surface area (Å²) in [5, 5.41) is 42.2. The fourth-order valence-electron chi connectivity index (χ4n) is 6.79. The molecule has 1 unspecified atom stereocenters. The molecule has 3 aromatic carbocycles. The number of carbonyl (C=O) groups excluding carboxylic acids is 3. The second-order valence-electron chi connectivity index (χ2n) is 11.4. The normalized spacial score (nSPS) is 21.2.